The number of rotatable bonds is 23. The zero-order valence-corrected chi connectivity index (χ0v) is 26.8. The van der Waals surface area contributed by atoms with Gasteiger partial charge >= 0.3 is 5.97 Å². The molecular weight excluding hydrogens is 480 g/mol. The minimum Gasteiger partial charge on any atom is -0.507 e. The van der Waals surface area contributed by atoms with Crippen LogP contribution in [0.5, 0.6) is 5.75 Å². The van der Waals surface area contributed by atoms with E-state index in [0.29, 0.717) is 12.2 Å². The van der Waals surface area contributed by atoms with Crippen LogP contribution in [0.2, 0.25) is 0 Å². The van der Waals surface area contributed by atoms with Crippen molar-refractivity contribution in [1.82, 2.24) is 0 Å². The Balaban J connectivity index is 2.21. The van der Waals surface area contributed by atoms with Gasteiger partial charge in [-0.3, -0.25) is 4.79 Å². The van der Waals surface area contributed by atoms with E-state index in [2.05, 4.69) is 41.5 Å². The van der Waals surface area contributed by atoms with Gasteiger partial charge in [0.05, 0.1) is 5.92 Å². The number of hydrogen-bond donors (Lipinski definition) is 2. The molecule has 3 heteroatoms. The Morgan fingerprint density at radius 1 is 0.718 bits per heavy atom. The molecular formula is C36H64O3. The summed E-state index contributed by atoms with van der Waals surface area (Å²) in [5.41, 5.74) is 2.70. The molecule has 0 radical (unpaired) electrons. The van der Waals surface area contributed by atoms with Gasteiger partial charge in [0, 0.05) is 0 Å². The average Bonchev–Trinajstić information content (AvgIpc) is 2.87. The molecule has 226 valence electrons. The average molecular weight is 545 g/mol. The second kappa shape index (κ2) is 20.4. The summed E-state index contributed by atoms with van der Waals surface area (Å²) < 4.78 is 0. The molecule has 3 nitrogen and oxygen atoms in total. The van der Waals surface area contributed by atoms with E-state index in [1.807, 2.05) is 12.1 Å². The third-order valence-electron chi connectivity index (χ3n) is 8.37. The number of benzene rings is 1. The highest BCUT2D eigenvalue weighted by molar-refractivity contribution is 5.70. The molecule has 1 atom stereocenters. The number of aliphatic carboxylic acids is 1. The lowest BCUT2D eigenvalue weighted by atomic mass is 9.81. The molecule has 39 heavy (non-hydrogen) atoms. The largest absolute Gasteiger partial charge is 0.507 e. The molecule has 0 amide bonds. The molecule has 0 aliphatic heterocycles. The van der Waals surface area contributed by atoms with Crippen LogP contribution in [-0.2, 0) is 16.6 Å². The highest BCUT2D eigenvalue weighted by Gasteiger charge is 2.24. The molecule has 0 fully saturated rings. The molecule has 2 N–H and O–H groups in total. The van der Waals surface area contributed by atoms with Gasteiger partial charge in [-0.2, -0.15) is 0 Å². The van der Waals surface area contributed by atoms with Gasteiger partial charge in [-0.15, -0.1) is 0 Å². The molecule has 0 saturated heterocycles. The van der Waals surface area contributed by atoms with E-state index in [4.69, 9.17) is 0 Å². The lowest BCUT2D eigenvalue weighted by Gasteiger charge is -2.25. The van der Waals surface area contributed by atoms with Crippen LogP contribution in [0.3, 0.4) is 0 Å². The van der Waals surface area contributed by atoms with Gasteiger partial charge in [-0.1, -0.05) is 169 Å². The molecule has 0 aliphatic carbocycles. The topological polar surface area (TPSA) is 57.5 Å². The summed E-state index contributed by atoms with van der Waals surface area (Å²) in [6.07, 6.45) is 25.5. The van der Waals surface area contributed by atoms with Crippen molar-refractivity contribution in [3.63, 3.8) is 0 Å². The van der Waals surface area contributed by atoms with Crippen molar-refractivity contribution < 1.29 is 15.0 Å². The van der Waals surface area contributed by atoms with E-state index < -0.39 is 5.97 Å². The zero-order valence-electron chi connectivity index (χ0n) is 26.8. The molecule has 0 aromatic heterocycles. The molecule has 0 saturated carbocycles. The molecule has 0 aliphatic rings. The fraction of sp³-hybridized carbons (Fsp3) is 0.806. The van der Waals surface area contributed by atoms with Crippen LogP contribution in [0.25, 0.3) is 0 Å². The second-order valence-corrected chi connectivity index (χ2v) is 13.5. The first-order valence-corrected chi connectivity index (χ1v) is 16.7. The second-order valence-electron chi connectivity index (χ2n) is 13.5. The Morgan fingerprint density at radius 3 is 1.49 bits per heavy atom. The van der Waals surface area contributed by atoms with E-state index in [9.17, 15) is 15.0 Å². The zero-order chi connectivity index (χ0) is 29.1. The van der Waals surface area contributed by atoms with Crippen LogP contribution in [-0.4, -0.2) is 16.2 Å². The molecule has 0 bridgehead atoms. The minimum absolute atomic E-state index is 0.185. The van der Waals surface area contributed by atoms with Crippen molar-refractivity contribution >= 4 is 5.97 Å². The summed E-state index contributed by atoms with van der Waals surface area (Å²) in [4.78, 5) is 12.0. The van der Waals surface area contributed by atoms with E-state index >= 15 is 0 Å². The Bertz CT molecular complexity index is 774. The van der Waals surface area contributed by atoms with E-state index in [-0.39, 0.29) is 17.3 Å². The first-order valence-electron chi connectivity index (χ1n) is 16.7. The van der Waals surface area contributed by atoms with Crippen LogP contribution in [0.1, 0.15) is 186 Å². The molecule has 0 heterocycles. The maximum absolute atomic E-state index is 12.0. The van der Waals surface area contributed by atoms with Crippen LogP contribution in [0.4, 0.5) is 0 Å². The Labute approximate surface area is 242 Å². The predicted molar refractivity (Wildman–Crippen MR) is 169 cm³/mol. The highest BCUT2D eigenvalue weighted by Crippen LogP contribution is 2.38. The van der Waals surface area contributed by atoms with Crippen molar-refractivity contribution in [2.45, 2.75) is 181 Å². The fourth-order valence-corrected chi connectivity index (χ4v) is 5.74. The number of unbranched alkanes of at least 4 members (excludes halogenated alkanes) is 17. The van der Waals surface area contributed by atoms with Gasteiger partial charge in [0.15, 0.2) is 0 Å². The standard InChI is InChI=1S/C36H64O3/c1-7-8-9-10-11-12-13-14-15-16-17-18-19-20-21-22-23-24-25-31(35(38)39)26-30-27-32(29(2)3)34(37)33(28-30)36(4,5)6/h27-29,31,37H,7-26H2,1-6H3,(H,38,39). The van der Waals surface area contributed by atoms with Crippen molar-refractivity contribution in [3.8, 4) is 5.75 Å². The van der Waals surface area contributed by atoms with Gasteiger partial charge in [0.25, 0.3) is 0 Å². The number of phenols is 1. The van der Waals surface area contributed by atoms with Crippen molar-refractivity contribution in [3.05, 3.63) is 28.8 Å². The number of phenolic OH excluding ortho intramolecular Hbond substituents is 1. The quantitative estimate of drug-likeness (QED) is 0.135. The monoisotopic (exact) mass is 544 g/mol. The summed E-state index contributed by atoms with van der Waals surface area (Å²) in [6.45, 7) is 12.7. The molecule has 1 aromatic rings. The summed E-state index contributed by atoms with van der Waals surface area (Å²) in [5, 5.41) is 20.7. The number of aromatic hydroxyl groups is 1. The third kappa shape index (κ3) is 15.8. The van der Waals surface area contributed by atoms with E-state index in [0.717, 1.165) is 36.0 Å². The van der Waals surface area contributed by atoms with Gasteiger partial charge in [-0.05, 0) is 40.9 Å². The van der Waals surface area contributed by atoms with Crippen molar-refractivity contribution in [2.75, 3.05) is 0 Å². The maximum Gasteiger partial charge on any atom is 0.306 e. The number of carboxylic acid groups (broad SMARTS) is 1. The van der Waals surface area contributed by atoms with Gasteiger partial charge in [-0.25, -0.2) is 0 Å². The number of hydrogen-bond acceptors (Lipinski definition) is 2. The normalized spacial score (nSPS) is 12.8. The van der Waals surface area contributed by atoms with Crippen LogP contribution in [0.15, 0.2) is 12.1 Å². The summed E-state index contributed by atoms with van der Waals surface area (Å²) in [6, 6.07) is 4.06. The first-order chi connectivity index (χ1) is 18.6. The van der Waals surface area contributed by atoms with Gasteiger partial charge in [0.1, 0.15) is 5.75 Å². The van der Waals surface area contributed by atoms with Crippen molar-refractivity contribution in [2.24, 2.45) is 5.92 Å². The number of carbonyl (C=O) groups is 1. The van der Waals surface area contributed by atoms with Crippen LogP contribution >= 0.6 is 0 Å². The predicted octanol–water partition coefficient (Wildman–Crippen LogP) is 11.5. The van der Waals surface area contributed by atoms with Crippen LogP contribution in [0, 0.1) is 5.92 Å². The third-order valence-corrected chi connectivity index (χ3v) is 8.37. The SMILES string of the molecule is CCCCCCCCCCCCCCCCCCCCC(Cc1cc(C(C)C)c(O)c(C(C)(C)C)c1)C(=O)O. The smallest absolute Gasteiger partial charge is 0.306 e. The Morgan fingerprint density at radius 2 is 1.13 bits per heavy atom. The van der Waals surface area contributed by atoms with Crippen molar-refractivity contribution in [1.29, 1.82) is 0 Å². The maximum atomic E-state index is 12.0. The minimum atomic E-state index is -0.696. The Hall–Kier alpha value is -1.51. The fourth-order valence-electron chi connectivity index (χ4n) is 5.74. The van der Waals surface area contributed by atoms with E-state index in [1.165, 1.54) is 103 Å². The van der Waals surface area contributed by atoms with Gasteiger partial charge in [0.2, 0.25) is 0 Å². The Kier molecular flexibility index (Phi) is 18.6. The molecule has 1 rings (SSSR count). The molecule has 0 spiro atoms. The lowest BCUT2D eigenvalue weighted by Crippen LogP contribution is -2.18. The molecule has 1 aromatic carbocycles. The highest BCUT2D eigenvalue weighted by atomic mass is 16.4. The van der Waals surface area contributed by atoms with Gasteiger partial charge < -0.3 is 10.2 Å². The number of carboxylic acids is 1. The lowest BCUT2D eigenvalue weighted by molar-refractivity contribution is -0.142. The summed E-state index contributed by atoms with van der Waals surface area (Å²) in [5.74, 6) is -0.484. The summed E-state index contributed by atoms with van der Waals surface area (Å²) in [7, 11) is 0. The first kappa shape index (κ1) is 35.5. The van der Waals surface area contributed by atoms with E-state index in [1.54, 1.807) is 0 Å². The molecule has 1 unspecified atom stereocenters. The van der Waals surface area contributed by atoms with Crippen LogP contribution < -0.4 is 0 Å². The summed E-state index contributed by atoms with van der Waals surface area (Å²) >= 11 is 0.